The zero-order chi connectivity index (χ0) is 18.0. The van der Waals surface area contributed by atoms with Gasteiger partial charge >= 0.3 is 5.97 Å². The van der Waals surface area contributed by atoms with Crippen LogP contribution in [0.25, 0.3) is 11.7 Å². The van der Waals surface area contributed by atoms with Crippen LogP contribution >= 0.6 is 0 Å². The summed E-state index contributed by atoms with van der Waals surface area (Å²) < 4.78 is 10.8. The molecule has 1 saturated carbocycles. The molecule has 7 nitrogen and oxygen atoms in total. The number of nitrogens with one attached hydrogen (secondary N) is 1. The fourth-order valence-corrected chi connectivity index (χ4v) is 3.49. The molecule has 0 bridgehead atoms. The van der Waals surface area contributed by atoms with Crippen LogP contribution in [0.2, 0.25) is 0 Å². The largest absolute Gasteiger partial charge is 0.481 e. The Hall–Kier alpha value is -2.57. The SMILES string of the molecule is Cc1oc(-c2ccco2)nc1CC(=O)NC1(C)CCCCC1C(=O)O. The van der Waals surface area contributed by atoms with E-state index < -0.39 is 17.4 Å². The minimum atomic E-state index is -0.861. The van der Waals surface area contributed by atoms with E-state index in [0.29, 0.717) is 35.9 Å². The smallest absolute Gasteiger partial charge is 0.308 e. The van der Waals surface area contributed by atoms with Gasteiger partial charge < -0.3 is 19.3 Å². The lowest BCUT2D eigenvalue weighted by Crippen LogP contribution is -2.55. The number of carboxylic acids is 1. The van der Waals surface area contributed by atoms with E-state index in [1.165, 1.54) is 6.26 Å². The van der Waals surface area contributed by atoms with Crippen molar-refractivity contribution in [3.63, 3.8) is 0 Å². The molecule has 2 unspecified atom stereocenters. The molecule has 2 aromatic rings. The molecule has 134 valence electrons. The number of nitrogens with zero attached hydrogens (tertiary/aromatic N) is 1. The highest BCUT2D eigenvalue weighted by atomic mass is 16.4. The number of aromatic nitrogens is 1. The molecule has 1 amide bonds. The molecule has 2 aromatic heterocycles. The van der Waals surface area contributed by atoms with Crippen molar-refractivity contribution >= 4 is 11.9 Å². The van der Waals surface area contributed by atoms with Gasteiger partial charge in [-0.15, -0.1) is 0 Å². The summed E-state index contributed by atoms with van der Waals surface area (Å²) >= 11 is 0. The Morgan fingerprint density at radius 1 is 1.44 bits per heavy atom. The molecule has 7 heteroatoms. The second-order valence-corrected chi connectivity index (χ2v) is 6.78. The van der Waals surface area contributed by atoms with E-state index in [4.69, 9.17) is 8.83 Å². The van der Waals surface area contributed by atoms with Gasteiger partial charge in [0.15, 0.2) is 5.76 Å². The van der Waals surface area contributed by atoms with Crippen LogP contribution in [0.15, 0.2) is 27.2 Å². The molecule has 0 aromatic carbocycles. The topological polar surface area (TPSA) is 106 Å². The van der Waals surface area contributed by atoms with E-state index >= 15 is 0 Å². The number of oxazole rings is 1. The zero-order valence-corrected chi connectivity index (χ0v) is 14.4. The number of carboxylic acid groups (broad SMARTS) is 1. The van der Waals surface area contributed by atoms with Gasteiger partial charge in [0.25, 0.3) is 5.89 Å². The van der Waals surface area contributed by atoms with Crippen molar-refractivity contribution in [2.75, 3.05) is 0 Å². The van der Waals surface area contributed by atoms with Crippen molar-refractivity contribution in [3.8, 4) is 11.7 Å². The summed E-state index contributed by atoms with van der Waals surface area (Å²) in [6.45, 7) is 3.55. The number of furan rings is 1. The van der Waals surface area contributed by atoms with Crippen molar-refractivity contribution in [2.24, 2.45) is 5.92 Å². The van der Waals surface area contributed by atoms with E-state index in [9.17, 15) is 14.7 Å². The second-order valence-electron chi connectivity index (χ2n) is 6.78. The number of amides is 1. The van der Waals surface area contributed by atoms with Gasteiger partial charge in [0.05, 0.1) is 29.8 Å². The van der Waals surface area contributed by atoms with Crippen molar-refractivity contribution in [3.05, 3.63) is 29.9 Å². The summed E-state index contributed by atoms with van der Waals surface area (Å²) in [5.41, 5.74) is -0.210. The molecule has 1 fully saturated rings. The number of carbonyl (C=O) groups excluding carboxylic acids is 1. The minimum Gasteiger partial charge on any atom is -0.481 e. The summed E-state index contributed by atoms with van der Waals surface area (Å²) in [5, 5.41) is 12.4. The third-order valence-electron chi connectivity index (χ3n) is 4.88. The van der Waals surface area contributed by atoms with Crippen LogP contribution in [0.3, 0.4) is 0 Å². The lowest BCUT2D eigenvalue weighted by atomic mass is 9.74. The van der Waals surface area contributed by atoms with Crippen LogP contribution in [-0.4, -0.2) is 27.5 Å². The lowest BCUT2D eigenvalue weighted by molar-refractivity contribution is -0.146. The van der Waals surface area contributed by atoms with E-state index in [0.717, 1.165) is 12.8 Å². The Balaban J connectivity index is 1.71. The monoisotopic (exact) mass is 346 g/mol. The molecular formula is C18H22N2O5. The van der Waals surface area contributed by atoms with Gasteiger partial charge in [0.1, 0.15) is 5.76 Å². The molecule has 2 heterocycles. The summed E-state index contributed by atoms with van der Waals surface area (Å²) in [4.78, 5) is 28.3. The van der Waals surface area contributed by atoms with Crippen LogP contribution in [0.5, 0.6) is 0 Å². The molecule has 1 aliphatic rings. The van der Waals surface area contributed by atoms with E-state index in [-0.39, 0.29) is 12.3 Å². The number of hydrogen-bond acceptors (Lipinski definition) is 5. The predicted octanol–water partition coefficient (Wildman–Crippen LogP) is 2.94. The van der Waals surface area contributed by atoms with Crippen LogP contribution < -0.4 is 5.32 Å². The average Bonchev–Trinajstić information content (AvgIpc) is 3.17. The van der Waals surface area contributed by atoms with Crippen molar-refractivity contribution in [2.45, 2.75) is 51.5 Å². The van der Waals surface area contributed by atoms with Crippen LogP contribution in [-0.2, 0) is 16.0 Å². The minimum absolute atomic E-state index is 0.0397. The van der Waals surface area contributed by atoms with Crippen molar-refractivity contribution in [1.82, 2.24) is 10.3 Å². The molecule has 25 heavy (non-hydrogen) atoms. The number of carbonyl (C=O) groups is 2. The van der Waals surface area contributed by atoms with E-state index in [1.807, 2.05) is 6.92 Å². The first-order valence-corrected chi connectivity index (χ1v) is 8.43. The van der Waals surface area contributed by atoms with Crippen LogP contribution in [0, 0.1) is 12.8 Å². The molecule has 0 aliphatic heterocycles. The van der Waals surface area contributed by atoms with Gasteiger partial charge in [-0.3, -0.25) is 9.59 Å². The zero-order valence-electron chi connectivity index (χ0n) is 14.4. The van der Waals surface area contributed by atoms with Gasteiger partial charge in [-0.05, 0) is 38.8 Å². The molecule has 0 saturated heterocycles. The maximum absolute atomic E-state index is 12.5. The summed E-state index contributed by atoms with van der Waals surface area (Å²) in [6, 6.07) is 3.47. The van der Waals surface area contributed by atoms with Crippen LogP contribution in [0.1, 0.15) is 44.1 Å². The molecule has 0 spiro atoms. The Morgan fingerprint density at radius 2 is 2.24 bits per heavy atom. The maximum Gasteiger partial charge on any atom is 0.308 e. The first-order valence-electron chi connectivity index (χ1n) is 8.43. The predicted molar refractivity (Wildman–Crippen MR) is 88.8 cm³/mol. The Morgan fingerprint density at radius 3 is 2.92 bits per heavy atom. The first-order chi connectivity index (χ1) is 11.9. The standard InChI is InChI=1S/C18H22N2O5/c1-11-13(19-16(25-11)14-7-5-9-24-14)10-15(21)20-18(2)8-4-3-6-12(18)17(22)23/h5,7,9,12H,3-4,6,8,10H2,1-2H3,(H,20,21)(H,22,23). The highest BCUT2D eigenvalue weighted by molar-refractivity contribution is 5.81. The summed E-state index contributed by atoms with van der Waals surface area (Å²) in [7, 11) is 0. The van der Waals surface area contributed by atoms with Crippen molar-refractivity contribution in [1.29, 1.82) is 0 Å². The fourth-order valence-electron chi connectivity index (χ4n) is 3.49. The van der Waals surface area contributed by atoms with Gasteiger partial charge in [0, 0.05) is 0 Å². The van der Waals surface area contributed by atoms with E-state index in [2.05, 4.69) is 10.3 Å². The Kier molecular flexibility index (Phi) is 4.65. The molecule has 1 aliphatic carbocycles. The summed E-state index contributed by atoms with van der Waals surface area (Å²) in [6.07, 6.45) is 4.58. The number of aryl methyl sites for hydroxylation is 1. The highest BCUT2D eigenvalue weighted by Gasteiger charge is 2.42. The quantitative estimate of drug-likeness (QED) is 0.862. The van der Waals surface area contributed by atoms with Gasteiger partial charge in [-0.1, -0.05) is 12.8 Å². The molecule has 2 atom stereocenters. The Labute approximate surface area is 145 Å². The number of rotatable bonds is 5. The highest BCUT2D eigenvalue weighted by Crippen LogP contribution is 2.34. The molecule has 2 N–H and O–H groups in total. The molecular weight excluding hydrogens is 324 g/mol. The third-order valence-corrected chi connectivity index (χ3v) is 4.88. The number of hydrogen-bond donors (Lipinski definition) is 2. The molecule has 0 radical (unpaired) electrons. The maximum atomic E-state index is 12.5. The normalized spacial score (nSPS) is 23.4. The number of aliphatic carboxylic acids is 1. The van der Waals surface area contributed by atoms with E-state index in [1.54, 1.807) is 19.1 Å². The van der Waals surface area contributed by atoms with Crippen molar-refractivity contribution < 1.29 is 23.5 Å². The Bertz CT molecular complexity index is 765. The molecule has 3 rings (SSSR count). The third kappa shape index (κ3) is 3.60. The summed E-state index contributed by atoms with van der Waals surface area (Å²) in [5.74, 6) is -0.303. The van der Waals surface area contributed by atoms with Gasteiger partial charge in [-0.2, -0.15) is 0 Å². The second kappa shape index (κ2) is 6.74. The van der Waals surface area contributed by atoms with Crippen LogP contribution in [0.4, 0.5) is 0 Å². The van der Waals surface area contributed by atoms with Gasteiger partial charge in [0.2, 0.25) is 5.91 Å². The average molecular weight is 346 g/mol. The fraction of sp³-hybridized carbons (Fsp3) is 0.500. The lowest BCUT2D eigenvalue weighted by Gasteiger charge is -2.39. The first kappa shape index (κ1) is 17.3. The van der Waals surface area contributed by atoms with Gasteiger partial charge in [-0.25, -0.2) is 4.98 Å².